The van der Waals surface area contributed by atoms with E-state index in [2.05, 4.69) is 29.1 Å². The van der Waals surface area contributed by atoms with Gasteiger partial charge in [-0.1, -0.05) is 13.8 Å². The molecule has 0 atom stereocenters. The molecule has 1 aromatic rings. The van der Waals surface area contributed by atoms with Crippen molar-refractivity contribution in [2.24, 2.45) is 0 Å². The fourth-order valence-corrected chi connectivity index (χ4v) is 0.978. The summed E-state index contributed by atoms with van der Waals surface area (Å²) < 4.78 is 0. The zero-order valence-corrected chi connectivity index (χ0v) is 8.76. The van der Waals surface area contributed by atoms with Gasteiger partial charge < -0.3 is 15.2 Å². The van der Waals surface area contributed by atoms with Gasteiger partial charge in [-0.3, -0.25) is 0 Å². The van der Waals surface area contributed by atoms with E-state index in [1.54, 1.807) is 0 Å². The highest BCUT2D eigenvalue weighted by atomic mass is 15.2. The molecule has 4 nitrogen and oxygen atoms in total. The van der Waals surface area contributed by atoms with Crippen LogP contribution in [0.25, 0.3) is 0 Å². The van der Waals surface area contributed by atoms with Crippen molar-refractivity contribution >= 4 is 5.95 Å². The summed E-state index contributed by atoms with van der Waals surface area (Å²) in [7, 11) is 3.94. The molecule has 1 heterocycles. The third-order valence-electron chi connectivity index (χ3n) is 1.74. The molecule has 2 N–H and O–H groups in total. The van der Waals surface area contributed by atoms with Crippen LogP contribution in [0.15, 0.2) is 6.20 Å². The van der Waals surface area contributed by atoms with Gasteiger partial charge in [0.15, 0.2) is 0 Å². The van der Waals surface area contributed by atoms with E-state index in [4.69, 9.17) is 0 Å². The number of nitrogens with one attached hydrogen (secondary N) is 2. The van der Waals surface area contributed by atoms with Crippen molar-refractivity contribution < 1.29 is 0 Å². The summed E-state index contributed by atoms with van der Waals surface area (Å²) in [5, 5.41) is 3.32. The standard InChI is InChI=1S/C9H18N4/c1-7(2)10-5-8-6-11-9(12-8)13(3)4/h6-7,10H,5H2,1-4H3,(H,11,12). The van der Waals surface area contributed by atoms with Crippen molar-refractivity contribution in [2.75, 3.05) is 19.0 Å². The Bertz CT molecular complexity index is 252. The van der Waals surface area contributed by atoms with Crippen LogP contribution in [-0.2, 0) is 6.54 Å². The Kier molecular flexibility index (Phi) is 3.31. The summed E-state index contributed by atoms with van der Waals surface area (Å²) in [5.41, 5.74) is 1.12. The van der Waals surface area contributed by atoms with E-state index in [0.29, 0.717) is 6.04 Å². The first-order chi connectivity index (χ1) is 6.09. The van der Waals surface area contributed by atoms with Gasteiger partial charge in [-0.15, -0.1) is 0 Å². The van der Waals surface area contributed by atoms with Gasteiger partial charge in [-0.05, 0) is 0 Å². The van der Waals surface area contributed by atoms with Crippen LogP contribution in [0, 0.1) is 0 Å². The van der Waals surface area contributed by atoms with Crippen molar-refractivity contribution in [1.29, 1.82) is 0 Å². The van der Waals surface area contributed by atoms with Crippen molar-refractivity contribution in [3.8, 4) is 0 Å². The molecule has 1 aromatic heterocycles. The van der Waals surface area contributed by atoms with Crippen molar-refractivity contribution in [3.05, 3.63) is 11.9 Å². The van der Waals surface area contributed by atoms with Gasteiger partial charge in [0.05, 0.1) is 11.9 Å². The van der Waals surface area contributed by atoms with Crippen molar-refractivity contribution in [1.82, 2.24) is 15.3 Å². The SMILES string of the molecule is CC(C)NCc1cnc(N(C)C)[nH]1. The lowest BCUT2D eigenvalue weighted by molar-refractivity contribution is 0.583. The second-order valence-corrected chi connectivity index (χ2v) is 3.66. The fraction of sp³-hybridized carbons (Fsp3) is 0.667. The second kappa shape index (κ2) is 4.28. The largest absolute Gasteiger partial charge is 0.349 e. The molecular weight excluding hydrogens is 164 g/mol. The summed E-state index contributed by atoms with van der Waals surface area (Å²) in [4.78, 5) is 9.40. The average Bonchev–Trinajstić information content (AvgIpc) is 2.48. The number of aromatic nitrogens is 2. The molecule has 0 bridgehead atoms. The van der Waals surface area contributed by atoms with Crippen LogP contribution in [0.3, 0.4) is 0 Å². The maximum absolute atomic E-state index is 4.22. The molecule has 74 valence electrons. The van der Waals surface area contributed by atoms with E-state index in [1.165, 1.54) is 0 Å². The number of hydrogen-bond donors (Lipinski definition) is 2. The van der Waals surface area contributed by atoms with Gasteiger partial charge >= 0.3 is 0 Å². The van der Waals surface area contributed by atoms with Crippen LogP contribution in [0.4, 0.5) is 5.95 Å². The van der Waals surface area contributed by atoms with Crippen LogP contribution in [0.5, 0.6) is 0 Å². The highest BCUT2D eigenvalue weighted by Gasteiger charge is 2.01. The van der Waals surface area contributed by atoms with Crippen molar-refractivity contribution in [3.63, 3.8) is 0 Å². The topological polar surface area (TPSA) is 44.0 Å². The number of anilines is 1. The molecule has 0 saturated carbocycles. The Labute approximate surface area is 79.4 Å². The molecule has 0 aromatic carbocycles. The Morgan fingerprint density at radius 2 is 2.23 bits per heavy atom. The quantitative estimate of drug-likeness (QED) is 0.729. The Morgan fingerprint density at radius 3 is 2.69 bits per heavy atom. The monoisotopic (exact) mass is 182 g/mol. The highest BCUT2D eigenvalue weighted by molar-refractivity contribution is 5.28. The Balaban J connectivity index is 2.49. The summed E-state index contributed by atoms with van der Waals surface area (Å²) in [5.74, 6) is 0.903. The number of rotatable bonds is 4. The molecule has 0 unspecified atom stereocenters. The van der Waals surface area contributed by atoms with E-state index < -0.39 is 0 Å². The minimum absolute atomic E-state index is 0.506. The van der Waals surface area contributed by atoms with Gasteiger partial charge in [0.25, 0.3) is 0 Å². The molecule has 0 saturated heterocycles. The van der Waals surface area contributed by atoms with Crippen LogP contribution in [0.1, 0.15) is 19.5 Å². The normalized spacial score (nSPS) is 10.8. The molecule has 0 amide bonds. The first kappa shape index (κ1) is 10.1. The summed E-state index contributed by atoms with van der Waals surface area (Å²) in [6.45, 7) is 5.10. The smallest absolute Gasteiger partial charge is 0.202 e. The summed E-state index contributed by atoms with van der Waals surface area (Å²) in [6, 6.07) is 0.506. The molecule has 4 heteroatoms. The minimum atomic E-state index is 0.506. The number of H-pyrrole nitrogens is 1. The molecular formula is C9H18N4. The van der Waals surface area contributed by atoms with Gasteiger partial charge in [0, 0.05) is 26.7 Å². The first-order valence-electron chi connectivity index (χ1n) is 4.54. The zero-order valence-electron chi connectivity index (χ0n) is 8.76. The second-order valence-electron chi connectivity index (χ2n) is 3.66. The minimum Gasteiger partial charge on any atom is -0.349 e. The molecule has 13 heavy (non-hydrogen) atoms. The molecule has 0 aliphatic carbocycles. The first-order valence-corrected chi connectivity index (χ1v) is 4.54. The molecule has 0 spiro atoms. The van der Waals surface area contributed by atoms with Gasteiger partial charge in [-0.25, -0.2) is 4.98 Å². The summed E-state index contributed by atoms with van der Waals surface area (Å²) >= 11 is 0. The predicted octanol–water partition coefficient (Wildman–Crippen LogP) is 0.974. The Hall–Kier alpha value is -1.03. The zero-order chi connectivity index (χ0) is 9.84. The fourth-order valence-electron chi connectivity index (χ4n) is 0.978. The van der Waals surface area contributed by atoms with E-state index in [9.17, 15) is 0 Å². The number of hydrogen-bond acceptors (Lipinski definition) is 3. The average molecular weight is 182 g/mol. The lowest BCUT2D eigenvalue weighted by Crippen LogP contribution is -2.22. The van der Waals surface area contributed by atoms with E-state index in [-0.39, 0.29) is 0 Å². The van der Waals surface area contributed by atoms with Gasteiger partial charge in [-0.2, -0.15) is 0 Å². The molecule has 0 fully saturated rings. The lowest BCUT2D eigenvalue weighted by Gasteiger charge is -2.07. The molecule has 0 aliphatic rings. The highest BCUT2D eigenvalue weighted by Crippen LogP contribution is 2.04. The van der Waals surface area contributed by atoms with Crippen LogP contribution in [-0.4, -0.2) is 30.1 Å². The molecule has 0 aliphatic heterocycles. The van der Waals surface area contributed by atoms with Gasteiger partial charge in [0.2, 0.25) is 5.95 Å². The number of nitrogens with zero attached hydrogens (tertiary/aromatic N) is 2. The third kappa shape index (κ3) is 3.06. The number of imidazole rings is 1. The summed E-state index contributed by atoms with van der Waals surface area (Å²) in [6.07, 6.45) is 1.87. The Morgan fingerprint density at radius 1 is 1.54 bits per heavy atom. The van der Waals surface area contributed by atoms with Crippen LogP contribution < -0.4 is 10.2 Å². The van der Waals surface area contributed by atoms with Crippen LogP contribution >= 0.6 is 0 Å². The predicted molar refractivity (Wildman–Crippen MR) is 54.9 cm³/mol. The maximum atomic E-state index is 4.22. The van der Waals surface area contributed by atoms with E-state index in [1.807, 2.05) is 25.2 Å². The van der Waals surface area contributed by atoms with Gasteiger partial charge in [0.1, 0.15) is 0 Å². The van der Waals surface area contributed by atoms with Crippen LogP contribution in [0.2, 0.25) is 0 Å². The molecule has 0 radical (unpaired) electrons. The number of aromatic amines is 1. The third-order valence-corrected chi connectivity index (χ3v) is 1.74. The van der Waals surface area contributed by atoms with E-state index >= 15 is 0 Å². The lowest BCUT2D eigenvalue weighted by atomic mass is 10.4. The molecule has 1 rings (SSSR count). The maximum Gasteiger partial charge on any atom is 0.202 e. The van der Waals surface area contributed by atoms with Crippen molar-refractivity contribution in [2.45, 2.75) is 26.4 Å². The van der Waals surface area contributed by atoms with E-state index in [0.717, 1.165) is 18.2 Å².